The summed E-state index contributed by atoms with van der Waals surface area (Å²) in [6.07, 6.45) is -0.343. The number of rotatable bonds is 6. The maximum atomic E-state index is 12.2. The topological polar surface area (TPSA) is 63.9 Å². The first-order chi connectivity index (χ1) is 12.2. The fourth-order valence-corrected chi connectivity index (χ4v) is 3.08. The Hall–Kier alpha value is -1.58. The van der Waals surface area contributed by atoms with Gasteiger partial charge in [0.15, 0.2) is 3.77 Å². The number of hydrogen-bond acceptors (Lipinski definition) is 5. The van der Waals surface area contributed by atoms with E-state index in [2.05, 4.69) is 27.9 Å². The zero-order chi connectivity index (χ0) is 17.5. The number of carbonyl (C=O) groups is 1. The fourth-order valence-electron chi connectivity index (χ4n) is 2.62. The predicted octanol–water partition coefficient (Wildman–Crippen LogP) is 3.01. The summed E-state index contributed by atoms with van der Waals surface area (Å²) in [7, 11) is 0. The van der Waals surface area contributed by atoms with E-state index < -0.39 is 0 Å². The molecule has 25 heavy (non-hydrogen) atoms. The molecule has 134 valence electrons. The molecule has 1 unspecified atom stereocenters. The van der Waals surface area contributed by atoms with Gasteiger partial charge in [0.1, 0.15) is 12.4 Å². The molecule has 3 rings (SSSR count). The van der Waals surface area contributed by atoms with Gasteiger partial charge < -0.3 is 24.1 Å². The molecule has 1 aliphatic rings. The second kappa shape index (κ2) is 9.21. The number of nitrogens with one attached hydrogen (secondary N) is 1. The van der Waals surface area contributed by atoms with E-state index in [-0.39, 0.29) is 18.8 Å². The van der Waals surface area contributed by atoms with Crippen LogP contribution in [0.25, 0.3) is 0 Å². The van der Waals surface area contributed by atoms with Crippen molar-refractivity contribution >= 4 is 28.7 Å². The first-order valence-corrected chi connectivity index (χ1v) is 9.31. The van der Waals surface area contributed by atoms with Gasteiger partial charge in [-0.05, 0) is 40.3 Å². The number of hydrogen-bond donors (Lipinski definition) is 1. The van der Waals surface area contributed by atoms with Gasteiger partial charge in [-0.2, -0.15) is 0 Å². The molecule has 1 amide bonds. The van der Waals surface area contributed by atoms with Crippen LogP contribution in [0.3, 0.4) is 0 Å². The van der Waals surface area contributed by atoms with Crippen molar-refractivity contribution in [3.63, 3.8) is 0 Å². The van der Waals surface area contributed by atoms with E-state index in [1.807, 2.05) is 42.5 Å². The van der Waals surface area contributed by atoms with E-state index in [4.69, 9.17) is 13.9 Å². The first kappa shape index (κ1) is 18.2. The quantitative estimate of drug-likeness (QED) is 0.678. The molecule has 1 fully saturated rings. The van der Waals surface area contributed by atoms with Gasteiger partial charge in [-0.15, -0.1) is 0 Å². The molecule has 0 bridgehead atoms. The van der Waals surface area contributed by atoms with Crippen LogP contribution in [0.5, 0.6) is 0 Å². The van der Waals surface area contributed by atoms with E-state index in [0.717, 1.165) is 15.1 Å². The number of nitrogens with zero attached hydrogens (tertiary/aromatic N) is 1. The van der Waals surface area contributed by atoms with Crippen LogP contribution in [0.4, 0.5) is 4.79 Å². The lowest BCUT2D eigenvalue weighted by Gasteiger charge is -2.32. The summed E-state index contributed by atoms with van der Waals surface area (Å²) in [5, 5.41) is 3.30. The molecule has 1 saturated heterocycles. The van der Waals surface area contributed by atoms with Crippen molar-refractivity contribution in [2.24, 2.45) is 0 Å². The molecule has 6 nitrogen and oxygen atoms in total. The predicted molar refractivity (Wildman–Crippen MR) is 101 cm³/mol. The highest BCUT2D eigenvalue weighted by molar-refractivity contribution is 14.1. The second-order valence-corrected chi connectivity index (χ2v) is 6.88. The molecule has 0 spiro atoms. The fraction of sp³-hybridized carbons (Fsp3) is 0.389. The van der Waals surface area contributed by atoms with Crippen LogP contribution in [-0.2, 0) is 22.6 Å². The molecule has 0 saturated carbocycles. The third-order valence-corrected chi connectivity index (χ3v) is 4.48. The molecule has 1 atom stereocenters. The summed E-state index contributed by atoms with van der Waals surface area (Å²) in [6.45, 7) is 3.18. The van der Waals surface area contributed by atoms with Crippen LogP contribution in [0.2, 0.25) is 0 Å². The Labute approximate surface area is 160 Å². The van der Waals surface area contributed by atoms with E-state index in [0.29, 0.717) is 32.8 Å². The lowest BCUT2D eigenvalue weighted by atomic mass is 10.2. The van der Waals surface area contributed by atoms with Crippen molar-refractivity contribution in [3.05, 3.63) is 57.6 Å². The van der Waals surface area contributed by atoms with Gasteiger partial charge in [0.2, 0.25) is 0 Å². The smallest absolute Gasteiger partial charge is 0.410 e. The SMILES string of the molecule is O=C(OCc1ccccc1)N1CCOC(CNCc2ccc(I)o2)C1. The summed E-state index contributed by atoms with van der Waals surface area (Å²) in [5.74, 6) is 0.888. The Morgan fingerprint density at radius 3 is 2.88 bits per heavy atom. The van der Waals surface area contributed by atoms with Crippen LogP contribution < -0.4 is 5.32 Å². The lowest BCUT2D eigenvalue weighted by Crippen LogP contribution is -2.49. The van der Waals surface area contributed by atoms with Crippen LogP contribution in [-0.4, -0.2) is 43.3 Å². The summed E-state index contributed by atoms with van der Waals surface area (Å²) in [5.41, 5.74) is 0.982. The van der Waals surface area contributed by atoms with E-state index in [9.17, 15) is 4.79 Å². The monoisotopic (exact) mass is 456 g/mol. The Balaban J connectivity index is 1.40. The summed E-state index contributed by atoms with van der Waals surface area (Å²) in [4.78, 5) is 13.9. The zero-order valence-electron chi connectivity index (χ0n) is 13.8. The first-order valence-electron chi connectivity index (χ1n) is 8.23. The standard InChI is InChI=1S/C18H21IN2O4/c19-17-7-6-15(25-17)10-20-11-16-12-21(8-9-23-16)18(22)24-13-14-4-2-1-3-5-14/h1-7,16,20H,8-13H2. The lowest BCUT2D eigenvalue weighted by molar-refractivity contribution is -0.0272. The third-order valence-electron chi connectivity index (χ3n) is 3.90. The average Bonchev–Trinajstić information content (AvgIpc) is 3.06. The molecule has 2 heterocycles. The highest BCUT2D eigenvalue weighted by Gasteiger charge is 2.25. The molecule has 1 aromatic heterocycles. The maximum absolute atomic E-state index is 12.2. The van der Waals surface area contributed by atoms with Crippen molar-refractivity contribution in [2.75, 3.05) is 26.2 Å². The van der Waals surface area contributed by atoms with Gasteiger partial charge >= 0.3 is 6.09 Å². The number of furan rings is 1. The van der Waals surface area contributed by atoms with Crippen molar-refractivity contribution in [1.82, 2.24) is 10.2 Å². The van der Waals surface area contributed by atoms with Crippen LogP contribution in [0.15, 0.2) is 46.9 Å². The summed E-state index contributed by atoms with van der Waals surface area (Å²) >= 11 is 2.14. The minimum Gasteiger partial charge on any atom is -0.454 e. The minimum absolute atomic E-state index is 0.0490. The molecule has 1 aromatic carbocycles. The number of ether oxygens (including phenoxy) is 2. The zero-order valence-corrected chi connectivity index (χ0v) is 16.0. The van der Waals surface area contributed by atoms with Gasteiger partial charge in [0.25, 0.3) is 0 Å². The number of amides is 1. The van der Waals surface area contributed by atoms with Crippen molar-refractivity contribution in [2.45, 2.75) is 19.3 Å². The van der Waals surface area contributed by atoms with Gasteiger partial charge in [0.05, 0.1) is 25.8 Å². The number of benzene rings is 1. The van der Waals surface area contributed by atoms with Gasteiger partial charge in [-0.1, -0.05) is 30.3 Å². The highest BCUT2D eigenvalue weighted by atomic mass is 127. The molecule has 7 heteroatoms. The molecular weight excluding hydrogens is 435 g/mol. The third kappa shape index (κ3) is 5.72. The van der Waals surface area contributed by atoms with Crippen molar-refractivity contribution < 1.29 is 18.7 Å². The normalized spacial score (nSPS) is 17.5. The van der Waals surface area contributed by atoms with Crippen LogP contribution in [0, 0.1) is 3.77 Å². The Kier molecular flexibility index (Phi) is 6.71. The molecule has 0 radical (unpaired) electrons. The molecule has 1 N–H and O–H groups in total. The Bertz CT molecular complexity index is 677. The Morgan fingerprint density at radius 1 is 1.28 bits per heavy atom. The van der Waals surface area contributed by atoms with Gasteiger partial charge in [-0.25, -0.2) is 4.79 Å². The average molecular weight is 456 g/mol. The number of carbonyl (C=O) groups excluding carboxylic acids is 1. The van der Waals surface area contributed by atoms with Crippen molar-refractivity contribution in [1.29, 1.82) is 0 Å². The number of halogens is 1. The van der Waals surface area contributed by atoms with E-state index in [1.54, 1.807) is 4.90 Å². The molecular formula is C18H21IN2O4. The summed E-state index contributed by atoms with van der Waals surface area (Å²) < 4.78 is 17.5. The van der Waals surface area contributed by atoms with Gasteiger partial charge in [0, 0.05) is 13.1 Å². The van der Waals surface area contributed by atoms with Crippen LogP contribution in [0.1, 0.15) is 11.3 Å². The highest BCUT2D eigenvalue weighted by Crippen LogP contribution is 2.11. The summed E-state index contributed by atoms with van der Waals surface area (Å²) in [6, 6.07) is 13.6. The minimum atomic E-state index is -0.294. The molecule has 0 aliphatic carbocycles. The molecule has 2 aromatic rings. The maximum Gasteiger partial charge on any atom is 0.410 e. The van der Waals surface area contributed by atoms with Gasteiger partial charge in [-0.3, -0.25) is 0 Å². The molecule has 1 aliphatic heterocycles. The van der Waals surface area contributed by atoms with Crippen molar-refractivity contribution in [3.8, 4) is 0 Å². The second-order valence-electron chi connectivity index (χ2n) is 5.82. The Morgan fingerprint density at radius 2 is 2.12 bits per heavy atom. The van der Waals surface area contributed by atoms with E-state index >= 15 is 0 Å². The van der Waals surface area contributed by atoms with Crippen LogP contribution >= 0.6 is 22.6 Å². The largest absolute Gasteiger partial charge is 0.454 e. The van der Waals surface area contributed by atoms with E-state index in [1.165, 1.54) is 0 Å². The number of morpholine rings is 1.